The SMILES string of the molecule is Cc1ccccc1Cn1c(=O)c2c(nc3n(CCOCCO)c(C)c(C)n23)n(C)c1=O. The summed E-state index contributed by atoms with van der Waals surface area (Å²) in [4.78, 5) is 31.2. The van der Waals surface area contributed by atoms with Crippen molar-refractivity contribution >= 4 is 16.9 Å². The first-order valence-corrected chi connectivity index (χ1v) is 10.3. The second-order valence-electron chi connectivity index (χ2n) is 7.74. The number of aromatic nitrogens is 5. The Bertz CT molecular complexity index is 1390. The summed E-state index contributed by atoms with van der Waals surface area (Å²) >= 11 is 0. The molecule has 0 aliphatic heterocycles. The molecule has 0 fully saturated rings. The molecule has 0 bridgehead atoms. The molecular formula is C22H27N5O4. The van der Waals surface area contributed by atoms with Gasteiger partial charge in [-0.3, -0.25) is 18.3 Å². The largest absolute Gasteiger partial charge is 0.394 e. The number of rotatable bonds is 7. The highest BCUT2D eigenvalue weighted by molar-refractivity contribution is 5.76. The lowest BCUT2D eigenvalue weighted by atomic mass is 10.1. The monoisotopic (exact) mass is 425 g/mol. The van der Waals surface area contributed by atoms with Crippen LogP contribution in [0.15, 0.2) is 33.9 Å². The zero-order valence-corrected chi connectivity index (χ0v) is 18.3. The number of hydrogen-bond acceptors (Lipinski definition) is 5. The lowest BCUT2D eigenvalue weighted by Crippen LogP contribution is -2.39. The normalized spacial score (nSPS) is 11.8. The standard InChI is InChI=1S/C22H27N5O4/c1-14-7-5-6-8-17(14)13-26-20(29)18-19(24(4)22(26)30)23-21-25(9-11-31-12-10-28)15(2)16(3)27(18)21/h5-8,28H,9-13H2,1-4H3. The lowest BCUT2D eigenvalue weighted by Gasteiger charge is -2.10. The molecule has 4 rings (SSSR count). The van der Waals surface area contributed by atoms with Crippen LogP contribution in [0.25, 0.3) is 16.9 Å². The fourth-order valence-electron chi connectivity index (χ4n) is 4.00. The Morgan fingerprint density at radius 1 is 1.03 bits per heavy atom. The number of ether oxygens (including phenoxy) is 1. The molecule has 0 unspecified atom stereocenters. The maximum atomic E-state index is 13.5. The van der Waals surface area contributed by atoms with Gasteiger partial charge in [-0.2, -0.15) is 4.98 Å². The molecule has 0 amide bonds. The van der Waals surface area contributed by atoms with E-state index in [2.05, 4.69) is 4.98 Å². The minimum Gasteiger partial charge on any atom is -0.394 e. The molecule has 0 atom stereocenters. The minimum absolute atomic E-state index is 0.0328. The molecule has 0 saturated carbocycles. The third-order valence-electron chi connectivity index (χ3n) is 5.91. The highest BCUT2D eigenvalue weighted by atomic mass is 16.5. The maximum absolute atomic E-state index is 13.5. The van der Waals surface area contributed by atoms with Gasteiger partial charge in [-0.05, 0) is 31.9 Å². The van der Waals surface area contributed by atoms with Crippen molar-refractivity contribution in [3.63, 3.8) is 0 Å². The Balaban J connectivity index is 1.92. The van der Waals surface area contributed by atoms with Gasteiger partial charge in [-0.25, -0.2) is 4.79 Å². The number of benzene rings is 1. The summed E-state index contributed by atoms with van der Waals surface area (Å²) in [6.45, 7) is 7.24. The number of aliphatic hydroxyl groups excluding tert-OH is 1. The first kappa shape index (κ1) is 21.1. The van der Waals surface area contributed by atoms with Crippen LogP contribution in [0.4, 0.5) is 0 Å². The van der Waals surface area contributed by atoms with Crippen molar-refractivity contribution in [1.82, 2.24) is 23.1 Å². The third-order valence-corrected chi connectivity index (χ3v) is 5.91. The fourth-order valence-corrected chi connectivity index (χ4v) is 4.00. The zero-order chi connectivity index (χ0) is 22.3. The molecule has 164 valence electrons. The topological polar surface area (TPSA) is 95.7 Å². The van der Waals surface area contributed by atoms with Crippen LogP contribution in [0.2, 0.25) is 0 Å². The quantitative estimate of drug-likeness (QED) is 0.448. The predicted molar refractivity (Wildman–Crippen MR) is 118 cm³/mol. The zero-order valence-electron chi connectivity index (χ0n) is 18.3. The van der Waals surface area contributed by atoms with Crippen molar-refractivity contribution in [2.75, 3.05) is 19.8 Å². The minimum atomic E-state index is -0.395. The number of imidazole rings is 2. The van der Waals surface area contributed by atoms with E-state index in [1.807, 2.05) is 54.0 Å². The molecule has 9 nitrogen and oxygen atoms in total. The number of aliphatic hydroxyl groups is 1. The van der Waals surface area contributed by atoms with Crippen LogP contribution in [0, 0.1) is 20.8 Å². The van der Waals surface area contributed by atoms with Crippen LogP contribution in [0.3, 0.4) is 0 Å². The Kier molecular flexibility index (Phi) is 5.55. The average Bonchev–Trinajstić information content (AvgIpc) is 3.25. The summed E-state index contributed by atoms with van der Waals surface area (Å²) in [7, 11) is 1.64. The summed E-state index contributed by atoms with van der Waals surface area (Å²) < 4.78 is 11.9. The molecule has 3 heterocycles. The summed E-state index contributed by atoms with van der Waals surface area (Å²) in [5.41, 5.74) is 3.80. The number of hydrogen-bond donors (Lipinski definition) is 1. The van der Waals surface area contributed by atoms with Crippen LogP contribution in [0.1, 0.15) is 22.5 Å². The van der Waals surface area contributed by atoms with Crippen LogP contribution >= 0.6 is 0 Å². The van der Waals surface area contributed by atoms with E-state index in [-0.39, 0.29) is 25.3 Å². The molecular weight excluding hydrogens is 398 g/mol. The van der Waals surface area contributed by atoms with Crippen LogP contribution < -0.4 is 11.2 Å². The highest BCUT2D eigenvalue weighted by Gasteiger charge is 2.22. The van der Waals surface area contributed by atoms with Crippen LogP contribution in [0.5, 0.6) is 0 Å². The Morgan fingerprint density at radius 3 is 2.48 bits per heavy atom. The van der Waals surface area contributed by atoms with Crippen molar-refractivity contribution in [3.8, 4) is 0 Å². The van der Waals surface area contributed by atoms with E-state index in [0.29, 0.717) is 30.1 Å². The van der Waals surface area contributed by atoms with Crippen molar-refractivity contribution < 1.29 is 9.84 Å². The molecule has 0 saturated heterocycles. The summed E-state index contributed by atoms with van der Waals surface area (Å²) in [6, 6.07) is 7.73. The summed E-state index contributed by atoms with van der Waals surface area (Å²) in [5.74, 6) is 0.596. The molecule has 0 spiro atoms. The second kappa shape index (κ2) is 8.16. The van der Waals surface area contributed by atoms with Gasteiger partial charge in [-0.15, -0.1) is 0 Å². The Hall–Kier alpha value is -3.17. The smallest absolute Gasteiger partial charge is 0.332 e. The lowest BCUT2D eigenvalue weighted by molar-refractivity contribution is 0.0872. The summed E-state index contributed by atoms with van der Waals surface area (Å²) in [6.07, 6.45) is 0. The van der Waals surface area contributed by atoms with E-state index in [0.717, 1.165) is 22.5 Å². The third kappa shape index (κ3) is 3.39. The van der Waals surface area contributed by atoms with Gasteiger partial charge in [-0.1, -0.05) is 24.3 Å². The summed E-state index contributed by atoms with van der Waals surface area (Å²) in [5, 5.41) is 8.91. The molecule has 31 heavy (non-hydrogen) atoms. The van der Waals surface area contributed by atoms with E-state index < -0.39 is 5.69 Å². The molecule has 1 aromatic carbocycles. The van der Waals surface area contributed by atoms with Crippen molar-refractivity contribution in [2.24, 2.45) is 7.05 Å². The molecule has 0 aliphatic carbocycles. The first-order chi connectivity index (χ1) is 14.9. The Labute approximate surface area is 178 Å². The van der Waals surface area contributed by atoms with E-state index in [9.17, 15) is 9.59 Å². The maximum Gasteiger partial charge on any atom is 0.332 e. The molecule has 0 aliphatic rings. The molecule has 1 N–H and O–H groups in total. The molecule has 0 radical (unpaired) electrons. The highest BCUT2D eigenvalue weighted by Crippen LogP contribution is 2.20. The van der Waals surface area contributed by atoms with Gasteiger partial charge in [0.1, 0.15) is 0 Å². The van der Waals surface area contributed by atoms with Crippen LogP contribution in [-0.2, 0) is 24.9 Å². The molecule has 9 heteroatoms. The van der Waals surface area contributed by atoms with Gasteiger partial charge in [0.2, 0.25) is 5.78 Å². The van der Waals surface area contributed by atoms with E-state index in [1.165, 1.54) is 9.13 Å². The number of aryl methyl sites for hydroxylation is 3. The van der Waals surface area contributed by atoms with Gasteiger partial charge in [0, 0.05) is 25.0 Å². The fraction of sp³-hybridized carbons (Fsp3) is 0.409. The van der Waals surface area contributed by atoms with Gasteiger partial charge in [0.05, 0.1) is 26.4 Å². The number of nitrogens with zero attached hydrogens (tertiary/aromatic N) is 5. The van der Waals surface area contributed by atoms with Crippen molar-refractivity contribution in [1.29, 1.82) is 0 Å². The number of fused-ring (bicyclic) bond motifs is 3. The second-order valence-corrected chi connectivity index (χ2v) is 7.74. The van der Waals surface area contributed by atoms with E-state index >= 15 is 0 Å². The molecule has 3 aromatic heterocycles. The van der Waals surface area contributed by atoms with Gasteiger partial charge in [0.25, 0.3) is 5.56 Å². The van der Waals surface area contributed by atoms with E-state index in [1.54, 1.807) is 7.05 Å². The van der Waals surface area contributed by atoms with Crippen molar-refractivity contribution in [2.45, 2.75) is 33.9 Å². The van der Waals surface area contributed by atoms with Crippen molar-refractivity contribution in [3.05, 3.63) is 67.6 Å². The Morgan fingerprint density at radius 2 is 1.77 bits per heavy atom. The van der Waals surface area contributed by atoms with Gasteiger partial charge < -0.3 is 14.4 Å². The average molecular weight is 425 g/mol. The predicted octanol–water partition coefficient (Wildman–Crippen LogP) is 1.13. The van der Waals surface area contributed by atoms with E-state index in [4.69, 9.17) is 9.84 Å². The van der Waals surface area contributed by atoms with Gasteiger partial charge in [0.15, 0.2) is 11.2 Å². The van der Waals surface area contributed by atoms with Gasteiger partial charge >= 0.3 is 5.69 Å². The first-order valence-electron chi connectivity index (χ1n) is 10.3. The van der Waals surface area contributed by atoms with Crippen LogP contribution in [-0.4, -0.2) is 48.0 Å². The molecule has 4 aromatic rings.